The molecule has 3 rings (SSSR count). The molecule has 0 atom stereocenters. The Bertz CT molecular complexity index is 785. The van der Waals surface area contributed by atoms with Crippen LogP contribution in [0, 0.1) is 5.82 Å². The Morgan fingerprint density at radius 3 is 2.15 bits per heavy atom. The summed E-state index contributed by atoms with van der Waals surface area (Å²) in [4.78, 5) is 26.4. The Morgan fingerprint density at radius 1 is 0.963 bits per heavy atom. The highest BCUT2D eigenvalue weighted by Gasteiger charge is 2.23. The van der Waals surface area contributed by atoms with Gasteiger partial charge in [0.25, 0.3) is 0 Å². The van der Waals surface area contributed by atoms with Crippen molar-refractivity contribution in [1.82, 2.24) is 10.2 Å². The fourth-order valence-electron chi connectivity index (χ4n) is 3.23. The fraction of sp³-hybridized carbons (Fsp3) is 0.333. The zero-order valence-electron chi connectivity index (χ0n) is 15.0. The average Bonchev–Trinajstić information content (AvgIpc) is 2.66. The van der Waals surface area contributed by atoms with Crippen LogP contribution in [0.25, 0.3) is 0 Å². The maximum Gasteiger partial charge on any atom is 0.226 e. The van der Waals surface area contributed by atoms with E-state index in [9.17, 15) is 14.0 Å². The van der Waals surface area contributed by atoms with Gasteiger partial charge in [-0.2, -0.15) is 0 Å². The zero-order valence-corrected chi connectivity index (χ0v) is 15.7. The van der Waals surface area contributed by atoms with Gasteiger partial charge in [-0.05, 0) is 48.2 Å². The number of nitrogens with one attached hydrogen (secondary N) is 1. The van der Waals surface area contributed by atoms with E-state index in [1.54, 1.807) is 24.3 Å². The van der Waals surface area contributed by atoms with Gasteiger partial charge in [-0.15, -0.1) is 0 Å². The normalized spacial score (nSPS) is 14.8. The van der Waals surface area contributed by atoms with Crippen LogP contribution >= 0.6 is 11.6 Å². The van der Waals surface area contributed by atoms with E-state index >= 15 is 0 Å². The number of likely N-dealkylation sites (tertiary alicyclic amines) is 1. The van der Waals surface area contributed by atoms with Crippen LogP contribution in [-0.2, 0) is 22.4 Å². The summed E-state index contributed by atoms with van der Waals surface area (Å²) in [6.07, 6.45) is 2.07. The average molecular weight is 389 g/mol. The number of halogens is 2. The molecule has 0 bridgehead atoms. The lowest BCUT2D eigenvalue weighted by Gasteiger charge is -2.32. The predicted octanol–water partition coefficient (Wildman–Crippen LogP) is 3.37. The number of hydrogen-bond acceptors (Lipinski definition) is 2. The van der Waals surface area contributed by atoms with Gasteiger partial charge in [-0.1, -0.05) is 35.9 Å². The molecule has 4 nitrogen and oxygen atoms in total. The van der Waals surface area contributed by atoms with Gasteiger partial charge in [-0.25, -0.2) is 4.39 Å². The SMILES string of the molecule is O=C(Cc1ccc(F)cc1)NC1CCN(C(=O)Cc2ccc(Cl)cc2)CC1. The molecule has 1 heterocycles. The van der Waals surface area contributed by atoms with E-state index in [2.05, 4.69) is 5.32 Å². The third kappa shape index (κ3) is 5.79. The summed E-state index contributed by atoms with van der Waals surface area (Å²) in [6.45, 7) is 1.27. The summed E-state index contributed by atoms with van der Waals surface area (Å²) in [7, 11) is 0. The van der Waals surface area contributed by atoms with E-state index in [0.29, 0.717) is 24.5 Å². The molecule has 0 aromatic heterocycles. The van der Waals surface area contributed by atoms with Crippen LogP contribution in [0.2, 0.25) is 5.02 Å². The summed E-state index contributed by atoms with van der Waals surface area (Å²) in [5.74, 6) is -0.296. The highest BCUT2D eigenvalue weighted by Crippen LogP contribution is 2.15. The molecule has 0 spiro atoms. The minimum atomic E-state index is -0.310. The Hall–Kier alpha value is -2.40. The summed E-state index contributed by atoms with van der Waals surface area (Å²) in [5.41, 5.74) is 1.73. The van der Waals surface area contributed by atoms with Crippen LogP contribution < -0.4 is 5.32 Å². The van der Waals surface area contributed by atoms with Crippen LogP contribution in [-0.4, -0.2) is 35.8 Å². The van der Waals surface area contributed by atoms with Crippen molar-refractivity contribution in [3.8, 4) is 0 Å². The molecule has 27 heavy (non-hydrogen) atoms. The van der Waals surface area contributed by atoms with Gasteiger partial charge < -0.3 is 10.2 Å². The highest BCUT2D eigenvalue weighted by atomic mass is 35.5. The van der Waals surface area contributed by atoms with Gasteiger partial charge in [0, 0.05) is 24.2 Å². The predicted molar refractivity (Wildman–Crippen MR) is 103 cm³/mol. The molecule has 0 unspecified atom stereocenters. The second-order valence-electron chi connectivity index (χ2n) is 6.83. The fourth-order valence-corrected chi connectivity index (χ4v) is 3.35. The second-order valence-corrected chi connectivity index (χ2v) is 7.27. The molecule has 1 aliphatic rings. The molecular formula is C21H22ClFN2O2. The van der Waals surface area contributed by atoms with E-state index in [1.807, 2.05) is 17.0 Å². The third-order valence-electron chi connectivity index (χ3n) is 4.76. The quantitative estimate of drug-likeness (QED) is 0.853. The molecule has 2 aromatic rings. The molecule has 6 heteroatoms. The van der Waals surface area contributed by atoms with Crippen LogP contribution in [0.4, 0.5) is 4.39 Å². The summed E-state index contributed by atoms with van der Waals surface area (Å²) in [5, 5.41) is 3.67. The zero-order chi connectivity index (χ0) is 19.2. The van der Waals surface area contributed by atoms with E-state index in [0.717, 1.165) is 24.0 Å². The third-order valence-corrected chi connectivity index (χ3v) is 5.01. The van der Waals surface area contributed by atoms with Crippen molar-refractivity contribution < 1.29 is 14.0 Å². The van der Waals surface area contributed by atoms with Crippen molar-refractivity contribution in [2.24, 2.45) is 0 Å². The number of hydrogen-bond donors (Lipinski definition) is 1. The summed E-state index contributed by atoms with van der Waals surface area (Å²) in [6, 6.07) is 13.3. The molecular weight excluding hydrogens is 367 g/mol. The lowest BCUT2D eigenvalue weighted by Crippen LogP contribution is -2.47. The molecule has 0 aliphatic carbocycles. The van der Waals surface area contributed by atoms with E-state index < -0.39 is 0 Å². The van der Waals surface area contributed by atoms with Crippen molar-refractivity contribution in [2.45, 2.75) is 31.7 Å². The molecule has 2 amide bonds. The minimum Gasteiger partial charge on any atom is -0.353 e. The first kappa shape index (κ1) is 19.4. The Morgan fingerprint density at radius 2 is 1.52 bits per heavy atom. The monoisotopic (exact) mass is 388 g/mol. The van der Waals surface area contributed by atoms with Gasteiger partial charge in [0.2, 0.25) is 11.8 Å². The lowest BCUT2D eigenvalue weighted by molar-refractivity contribution is -0.131. The summed E-state index contributed by atoms with van der Waals surface area (Å²) < 4.78 is 12.9. The van der Waals surface area contributed by atoms with Gasteiger partial charge >= 0.3 is 0 Å². The van der Waals surface area contributed by atoms with Crippen molar-refractivity contribution in [2.75, 3.05) is 13.1 Å². The van der Waals surface area contributed by atoms with E-state index in [-0.39, 0.29) is 30.1 Å². The van der Waals surface area contributed by atoms with Crippen molar-refractivity contribution in [3.05, 3.63) is 70.5 Å². The maximum absolute atomic E-state index is 12.9. The molecule has 142 valence electrons. The van der Waals surface area contributed by atoms with Crippen LogP contribution in [0.5, 0.6) is 0 Å². The Labute approximate surface area is 163 Å². The first-order valence-electron chi connectivity index (χ1n) is 9.05. The molecule has 0 radical (unpaired) electrons. The number of nitrogens with zero attached hydrogens (tertiary/aromatic N) is 1. The standard InChI is InChI=1S/C21H22ClFN2O2/c22-17-5-1-16(2-6-17)14-21(27)25-11-9-19(10-12-25)24-20(26)13-15-3-7-18(23)8-4-15/h1-8,19H,9-14H2,(H,24,26). The number of rotatable bonds is 5. The smallest absolute Gasteiger partial charge is 0.226 e. The van der Waals surface area contributed by atoms with Crippen molar-refractivity contribution in [3.63, 3.8) is 0 Å². The van der Waals surface area contributed by atoms with Gasteiger partial charge in [0.1, 0.15) is 5.82 Å². The van der Waals surface area contributed by atoms with Crippen LogP contribution in [0.3, 0.4) is 0 Å². The van der Waals surface area contributed by atoms with Crippen LogP contribution in [0.15, 0.2) is 48.5 Å². The number of piperidine rings is 1. The lowest BCUT2D eigenvalue weighted by atomic mass is 10.0. The van der Waals surface area contributed by atoms with Crippen LogP contribution in [0.1, 0.15) is 24.0 Å². The number of carbonyl (C=O) groups excluding carboxylic acids is 2. The molecule has 1 fully saturated rings. The van der Waals surface area contributed by atoms with Crippen molar-refractivity contribution in [1.29, 1.82) is 0 Å². The molecule has 0 saturated carbocycles. The minimum absolute atomic E-state index is 0.0672. The van der Waals surface area contributed by atoms with Gasteiger partial charge in [0.05, 0.1) is 12.8 Å². The Kier molecular flexibility index (Phi) is 6.45. The molecule has 2 aromatic carbocycles. The number of amides is 2. The first-order chi connectivity index (χ1) is 13.0. The van der Waals surface area contributed by atoms with Gasteiger partial charge in [-0.3, -0.25) is 9.59 Å². The number of carbonyl (C=O) groups is 2. The summed E-state index contributed by atoms with van der Waals surface area (Å²) >= 11 is 5.87. The maximum atomic E-state index is 12.9. The van der Waals surface area contributed by atoms with E-state index in [1.165, 1.54) is 12.1 Å². The molecule has 1 N–H and O–H groups in total. The highest BCUT2D eigenvalue weighted by molar-refractivity contribution is 6.30. The molecule has 1 saturated heterocycles. The Balaban J connectivity index is 1.42. The van der Waals surface area contributed by atoms with Crippen molar-refractivity contribution >= 4 is 23.4 Å². The van der Waals surface area contributed by atoms with Gasteiger partial charge in [0.15, 0.2) is 0 Å². The van der Waals surface area contributed by atoms with E-state index in [4.69, 9.17) is 11.6 Å². The molecule has 1 aliphatic heterocycles. The largest absolute Gasteiger partial charge is 0.353 e. The first-order valence-corrected chi connectivity index (χ1v) is 9.43. The second kappa shape index (κ2) is 9.00. The number of benzene rings is 2. The topological polar surface area (TPSA) is 49.4 Å².